The predicted octanol–water partition coefficient (Wildman–Crippen LogP) is 1.42. The highest BCUT2D eigenvalue weighted by molar-refractivity contribution is 6.10. The summed E-state index contributed by atoms with van der Waals surface area (Å²) < 4.78 is 5.14. The van der Waals surface area contributed by atoms with E-state index >= 15 is 0 Å². The molecule has 0 N–H and O–H groups in total. The topological polar surface area (TPSA) is 62.2 Å². The van der Waals surface area contributed by atoms with Crippen LogP contribution in [0.1, 0.15) is 12.5 Å². The zero-order valence-corrected chi connectivity index (χ0v) is 14.3. The lowest BCUT2D eigenvalue weighted by Crippen LogP contribution is -2.59. The molecule has 0 spiro atoms. The molecule has 2 heterocycles. The molecule has 1 amide bonds. The highest BCUT2D eigenvalue weighted by Gasteiger charge is 2.49. The summed E-state index contributed by atoms with van der Waals surface area (Å²) >= 11 is 0. The minimum Gasteiger partial charge on any atom is -0.497 e. The maximum absolute atomic E-state index is 12.5. The van der Waals surface area contributed by atoms with E-state index in [0.29, 0.717) is 5.84 Å². The summed E-state index contributed by atoms with van der Waals surface area (Å²) in [5.74, 6) is 0.649. The Morgan fingerprint density at radius 3 is 2.38 bits per heavy atom. The van der Waals surface area contributed by atoms with Crippen LogP contribution >= 0.6 is 0 Å². The van der Waals surface area contributed by atoms with Gasteiger partial charge in [0.15, 0.2) is 11.9 Å². The predicted molar refractivity (Wildman–Crippen MR) is 91.7 cm³/mol. The molecule has 126 valence electrons. The summed E-state index contributed by atoms with van der Waals surface area (Å²) in [6.07, 6.45) is 3.36. The number of hydrogen-bond acceptors (Lipinski definition) is 5. The Morgan fingerprint density at radius 2 is 1.75 bits per heavy atom. The first-order valence-corrected chi connectivity index (χ1v) is 7.87. The van der Waals surface area contributed by atoms with Gasteiger partial charge < -0.3 is 14.5 Å². The molecule has 3 atom stereocenters. The normalized spacial score (nSPS) is 26.8. The number of aliphatic imine (C=N–C) groups is 1. The molecule has 2 aliphatic rings. The van der Waals surface area contributed by atoms with E-state index in [1.807, 2.05) is 48.4 Å². The molecule has 24 heavy (non-hydrogen) atoms. The standard InChI is InChI=1S/C18H21N3O3/c1-11-16(22)15-17(21(3)18(11)23)19-14(20(15)2)10-7-12-5-8-13(24-4)9-6-12/h5-11,15,17H,1-4H3/b10-7+. The first-order valence-electron chi connectivity index (χ1n) is 7.87. The number of nitrogens with zero attached hydrogens (tertiary/aromatic N) is 3. The number of methoxy groups -OCH3 is 1. The van der Waals surface area contributed by atoms with Crippen molar-refractivity contribution in [3.05, 3.63) is 35.9 Å². The molecule has 0 aromatic heterocycles. The Kier molecular flexibility index (Phi) is 4.13. The molecule has 0 radical (unpaired) electrons. The number of amidine groups is 1. The molecule has 1 aromatic carbocycles. The Bertz CT molecular complexity index is 724. The van der Waals surface area contributed by atoms with Crippen molar-refractivity contribution in [2.24, 2.45) is 10.9 Å². The second kappa shape index (κ2) is 6.11. The van der Waals surface area contributed by atoms with Gasteiger partial charge in [-0.3, -0.25) is 9.59 Å². The van der Waals surface area contributed by atoms with Gasteiger partial charge in [0.05, 0.1) is 13.0 Å². The number of rotatable bonds is 3. The Morgan fingerprint density at radius 1 is 1.08 bits per heavy atom. The average molecular weight is 327 g/mol. The molecule has 3 unspecified atom stereocenters. The summed E-state index contributed by atoms with van der Waals surface area (Å²) in [6.45, 7) is 1.66. The van der Waals surface area contributed by atoms with Crippen LogP contribution in [0.4, 0.5) is 0 Å². The first kappa shape index (κ1) is 16.2. The molecule has 6 heteroatoms. The van der Waals surface area contributed by atoms with Crippen LogP contribution in [0, 0.1) is 5.92 Å². The molecule has 0 saturated carbocycles. The Hall–Kier alpha value is -2.63. The lowest BCUT2D eigenvalue weighted by Gasteiger charge is -2.37. The van der Waals surface area contributed by atoms with Gasteiger partial charge in [-0.25, -0.2) is 4.99 Å². The maximum atomic E-state index is 12.5. The van der Waals surface area contributed by atoms with E-state index in [0.717, 1.165) is 11.3 Å². The van der Waals surface area contributed by atoms with Gasteiger partial charge in [-0.05, 0) is 30.7 Å². The molecule has 6 nitrogen and oxygen atoms in total. The monoisotopic (exact) mass is 327 g/mol. The summed E-state index contributed by atoms with van der Waals surface area (Å²) in [7, 11) is 5.18. The summed E-state index contributed by atoms with van der Waals surface area (Å²) in [6, 6.07) is 7.26. The van der Waals surface area contributed by atoms with Gasteiger partial charge in [-0.1, -0.05) is 18.2 Å². The SMILES string of the molecule is COc1ccc(/C=C/C2=NC3C(C(=O)C(C)C(=O)N3C)N2C)cc1. The van der Waals surface area contributed by atoms with Gasteiger partial charge in [0.2, 0.25) is 5.91 Å². The third-order valence-corrected chi connectivity index (χ3v) is 4.70. The van der Waals surface area contributed by atoms with Gasteiger partial charge >= 0.3 is 0 Å². The number of amides is 1. The fraction of sp³-hybridized carbons (Fsp3) is 0.389. The van der Waals surface area contributed by atoms with Gasteiger partial charge in [0.1, 0.15) is 17.6 Å². The fourth-order valence-corrected chi connectivity index (χ4v) is 3.14. The van der Waals surface area contributed by atoms with Gasteiger partial charge in [-0.15, -0.1) is 0 Å². The number of fused-ring (bicyclic) bond motifs is 1. The number of carbonyl (C=O) groups excluding carboxylic acids is 2. The van der Waals surface area contributed by atoms with E-state index < -0.39 is 18.1 Å². The smallest absolute Gasteiger partial charge is 0.234 e. The number of piperidine rings is 1. The molecule has 1 saturated heterocycles. The number of Topliss-reactive ketones (excluding diaryl/α,β-unsaturated/α-hetero) is 1. The van der Waals surface area contributed by atoms with Crippen molar-refractivity contribution in [3.8, 4) is 5.75 Å². The minimum atomic E-state index is -0.612. The summed E-state index contributed by atoms with van der Waals surface area (Å²) in [4.78, 5) is 32.6. The summed E-state index contributed by atoms with van der Waals surface area (Å²) in [5.41, 5.74) is 1.01. The molecule has 0 bridgehead atoms. The van der Waals surface area contributed by atoms with Crippen LogP contribution in [0.25, 0.3) is 6.08 Å². The second-order valence-corrected chi connectivity index (χ2v) is 6.14. The van der Waals surface area contributed by atoms with Gasteiger partial charge in [-0.2, -0.15) is 0 Å². The van der Waals surface area contributed by atoms with Crippen LogP contribution in [0.3, 0.4) is 0 Å². The zero-order chi connectivity index (χ0) is 17.4. The second-order valence-electron chi connectivity index (χ2n) is 6.14. The number of likely N-dealkylation sites (tertiary alicyclic amines) is 1. The molecule has 0 aliphatic carbocycles. The molecule has 2 aliphatic heterocycles. The fourth-order valence-electron chi connectivity index (χ4n) is 3.14. The van der Waals surface area contributed by atoms with Crippen LogP contribution in [0.5, 0.6) is 5.75 Å². The van der Waals surface area contributed by atoms with Crippen molar-refractivity contribution in [2.75, 3.05) is 21.2 Å². The van der Waals surface area contributed by atoms with E-state index in [9.17, 15) is 9.59 Å². The van der Waals surface area contributed by atoms with E-state index in [2.05, 4.69) is 4.99 Å². The highest BCUT2D eigenvalue weighted by Crippen LogP contribution is 2.28. The maximum Gasteiger partial charge on any atom is 0.234 e. The van der Waals surface area contributed by atoms with Gasteiger partial charge in [0, 0.05) is 14.1 Å². The molecular weight excluding hydrogens is 306 g/mol. The number of ether oxygens (including phenoxy) is 1. The quantitative estimate of drug-likeness (QED) is 0.788. The van der Waals surface area contributed by atoms with Crippen molar-refractivity contribution >= 4 is 23.6 Å². The Balaban J connectivity index is 1.83. The minimum absolute atomic E-state index is 0.0674. The van der Waals surface area contributed by atoms with Crippen molar-refractivity contribution in [2.45, 2.75) is 19.1 Å². The largest absolute Gasteiger partial charge is 0.497 e. The zero-order valence-electron chi connectivity index (χ0n) is 14.3. The number of benzene rings is 1. The number of likely N-dealkylation sites (N-methyl/N-ethyl adjacent to an activating group) is 2. The highest BCUT2D eigenvalue weighted by atomic mass is 16.5. The lowest BCUT2D eigenvalue weighted by atomic mass is 9.91. The van der Waals surface area contributed by atoms with Crippen molar-refractivity contribution in [1.29, 1.82) is 0 Å². The van der Waals surface area contributed by atoms with Crippen molar-refractivity contribution < 1.29 is 14.3 Å². The molecule has 1 aromatic rings. The van der Waals surface area contributed by atoms with Crippen LogP contribution in [-0.4, -0.2) is 60.7 Å². The number of hydrogen-bond donors (Lipinski definition) is 0. The molecular formula is C18H21N3O3. The molecule has 1 fully saturated rings. The lowest BCUT2D eigenvalue weighted by molar-refractivity contribution is -0.149. The van der Waals surface area contributed by atoms with Crippen molar-refractivity contribution in [1.82, 2.24) is 9.80 Å². The van der Waals surface area contributed by atoms with E-state index in [1.54, 1.807) is 26.0 Å². The van der Waals surface area contributed by atoms with E-state index in [4.69, 9.17) is 4.74 Å². The van der Waals surface area contributed by atoms with E-state index in [1.165, 1.54) is 0 Å². The number of carbonyl (C=O) groups is 2. The van der Waals surface area contributed by atoms with Crippen LogP contribution in [0.15, 0.2) is 35.3 Å². The third kappa shape index (κ3) is 2.58. The third-order valence-electron chi connectivity index (χ3n) is 4.70. The first-order chi connectivity index (χ1) is 11.4. The summed E-state index contributed by atoms with van der Waals surface area (Å²) in [5, 5.41) is 0. The molecule has 3 rings (SSSR count). The van der Waals surface area contributed by atoms with Crippen LogP contribution < -0.4 is 4.74 Å². The van der Waals surface area contributed by atoms with E-state index in [-0.39, 0.29) is 11.7 Å². The number of ketones is 1. The Labute approximate surface area is 141 Å². The van der Waals surface area contributed by atoms with Crippen LogP contribution in [-0.2, 0) is 9.59 Å². The van der Waals surface area contributed by atoms with Crippen molar-refractivity contribution in [3.63, 3.8) is 0 Å². The van der Waals surface area contributed by atoms with Crippen LogP contribution in [0.2, 0.25) is 0 Å². The average Bonchev–Trinajstić information content (AvgIpc) is 2.93. The van der Waals surface area contributed by atoms with Gasteiger partial charge in [0.25, 0.3) is 0 Å².